The van der Waals surface area contributed by atoms with Crippen molar-refractivity contribution in [3.8, 4) is 0 Å². The third-order valence-electron chi connectivity index (χ3n) is 4.53. The van der Waals surface area contributed by atoms with E-state index in [9.17, 15) is 14.4 Å². The largest absolute Gasteiger partial charge is 0.481 e. The van der Waals surface area contributed by atoms with Crippen LogP contribution >= 0.6 is 11.3 Å². The van der Waals surface area contributed by atoms with Crippen LogP contribution in [-0.4, -0.2) is 29.1 Å². The first-order valence-corrected chi connectivity index (χ1v) is 9.64. The van der Waals surface area contributed by atoms with E-state index in [0.29, 0.717) is 41.9 Å². The fourth-order valence-electron chi connectivity index (χ4n) is 3.11. The van der Waals surface area contributed by atoms with Gasteiger partial charge in [-0.3, -0.25) is 9.59 Å². The van der Waals surface area contributed by atoms with E-state index in [1.54, 1.807) is 30.3 Å². The molecule has 7 nitrogen and oxygen atoms in total. The van der Waals surface area contributed by atoms with Gasteiger partial charge in [-0.2, -0.15) is 0 Å². The molecule has 1 aliphatic carbocycles. The highest BCUT2D eigenvalue weighted by Crippen LogP contribution is 2.24. The van der Waals surface area contributed by atoms with Crippen molar-refractivity contribution in [2.45, 2.75) is 31.7 Å². The minimum atomic E-state index is -0.765. The number of urea groups is 1. The number of thiophene rings is 1. The van der Waals surface area contributed by atoms with Gasteiger partial charge in [-0.15, -0.1) is 11.3 Å². The van der Waals surface area contributed by atoms with Crippen LogP contribution in [0.1, 0.15) is 35.4 Å². The summed E-state index contributed by atoms with van der Waals surface area (Å²) in [6.07, 6.45) is 2.46. The Kier molecular flexibility index (Phi) is 6.08. The summed E-state index contributed by atoms with van der Waals surface area (Å²) in [6.45, 7) is 0. The molecule has 27 heavy (non-hydrogen) atoms. The van der Waals surface area contributed by atoms with E-state index in [1.165, 1.54) is 11.3 Å². The van der Waals surface area contributed by atoms with Crippen LogP contribution in [0.5, 0.6) is 0 Å². The lowest BCUT2D eigenvalue weighted by Crippen LogP contribution is -2.40. The van der Waals surface area contributed by atoms with E-state index in [1.807, 2.05) is 11.4 Å². The maximum Gasteiger partial charge on any atom is 0.319 e. The highest BCUT2D eigenvalue weighted by molar-refractivity contribution is 7.12. The second-order valence-electron chi connectivity index (χ2n) is 6.50. The first-order valence-electron chi connectivity index (χ1n) is 8.76. The summed E-state index contributed by atoms with van der Waals surface area (Å²) < 4.78 is 0. The van der Waals surface area contributed by atoms with Gasteiger partial charge in [-0.1, -0.05) is 12.1 Å². The quantitative estimate of drug-likeness (QED) is 0.626. The standard InChI is InChI=1S/C19H21N3O4S/c23-17(16-5-2-10-27-16)20-14-3-1-4-15(11-14)22-19(26)21-13-8-6-12(7-9-13)18(24)25/h1-5,10-13H,6-9H2,(H,20,23)(H,24,25)(H2,21,22,26). The van der Waals surface area contributed by atoms with Crippen molar-refractivity contribution in [1.82, 2.24) is 5.32 Å². The van der Waals surface area contributed by atoms with Crippen LogP contribution in [0, 0.1) is 5.92 Å². The fraction of sp³-hybridized carbons (Fsp3) is 0.316. The number of rotatable bonds is 5. The molecule has 1 aliphatic rings. The van der Waals surface area contributed by atoms with Crippen molar-refractivity contribution >= 4 is 40.6 Å². The summed E-state index contributed by atoms with van der Waals surface area (Å²) in [5.74, 6) is -1.27. The summed E-state index contributed by atoms with van der Waals surface area (Å²) >= 11 is 1.36. The fourth-order valence-corrected chi connectivity index (χ4v) is 3.73. The van der Waals surface area contributed by atoms with Crippen molar-refractivity contribution in [2.24, 2.45) is 5.92 Å². The number of hydrogen-bond acceptors (Lipinski definition) is 4. The molecule has 1 fully saturated rings. The topological polar surface area (TPSA) is 108 Å². The first-order chi connectivity index (χ1) is 13.0. The van der Waals surface area contributed by atoms with Crippen LogP contribution in [0.15, 0.2) is 41.8 Å². The Morgan fingerprint density at radius 2 is 1.67 bits per heavy atom. The van der Waals surface area contributed by atoms with E-state index < -0.39 is 5.97 Å². The lowest BCUT2D eigenvalue weighted by molar-refractivity contribution is -0.142. The molecule has 3 rings (SSSR count). The molecule has 8 heteroatoms. The van der Waals surface area contributed by atoms with Crippen molar-refractivity contribution in [2.75, 3.05) is 10.6 Å². The molecular formula is C19H21N3O4S. The number of carbonyl (C=O) groups is 3. The van der Waals surface area contributed by atoms with Crippen LogP contribution in [0.4, 0.5) is 16.2 Å². The van der Waals surface area contributed by atoms with Gasteiger partial charge in [-0.05, 0) is 55.3 Å². The number of amides is 3. The smallest absolute Gasteiger partial charge is 0.319 e. The van der Waals surface area contributed by atoms with Gasteiger partial charge in [0.1, 0.15) is 0 Å². The lowest BCUT2D eigenvalue weighted by Gasteiger charge is -2.26. The van der Waals surface area contributed by atoms with Crippen molar-refractivity contribution in [3.05, 3.63) is 46.7 Å². The molecular weight excluding hydrogens is 366 g/mol. The zero-order valence-corrected chi connectivity index (χ0v) is 15.4. The number of anilines is 2. The predicted molar refractivity (Wildman–Crippen MR) is 104 cm³/mol. The SMILES string of the molecule is O=C(Nc1cccc(NC(=O)c2cccs2)c1)NC1CCC(C(=O)O)CC1. The predicted octanol–water partition coefficient (Wildman–Crippen LogP) is 3.77. The minimum absolute atomic E-state index is 0.0256. The van der Waals surface area contributed by atoms with E-state index in [0.717, 1.165) is 0 Å². The molecule has 3 amide bonds. The molecule has 1 heterocycles. The van der Waals surface area contributed by atoms with Crippen molar-refractivity contribution < 1.29 is 19.5 Å². The number of aliphatic carboxylic acids is 1. The molecule has 0 aliphatic heterocycles. The number of carboxylic acids is 1. The molecule has 1 aromatic carbocycles. The Morgan fingerprint density at radius 3 is 2.30 bits per heavy atom. The molecule has 142 valence electrons. The Morgan fingerprint density at radius 1 is 0.963 bits per heavy atom. The number of benzene rings is 1. The van der Waals surface area contributed by atoms with Gasteiger partial charge in [0.15, 0.2) is 0 Å². The Bertz CT molecular complexity index is 814. The molecule has 0 atom stereocenters. The van der Waals surface area contributed by atoms with E-state index >= 15 is 0 Å². The molecule has 1 aromatic heterocycles. The molecule has 0 radical (unpaired) electrons. The van der Waals surface area contributed by atoms with Crippen LogP contribution in [0.25, 0.3) is 0 Å². The molecule has 2 aromatic rings. The van der Waals surface area contributed by atoms with E-state index in [-0.39, 0.29) is 23.9 Å². The number of hydrogen-bond donors (Lipinski definition) is 4. The number of nitrogens with one attached hydrogen (secondary N) is 3. The minimum Gasteiger partial charge on any atom is -0.481 e. The van der Waals surface area contributed by atoms with Crippen molar-refractivity contribution in [1.29, 1.82) is 0 Å². The molecule has 0 spiro atoms. The van der Waals surface area contributed by atoms with E-state index in [2.05, 4.69) is 16.0 Å². The Balaban J connectivity index is 1.51. The first kappa shape index (κ1) is 18.9. The maximum absolute atomic E-state index is 12.2. The van der Waals surface area contributed by atoms with Crippen LogP contribution in [0.2, 0.25) is 0 Å². The van der Waals surface area contributed by atoms with Crippen LogP contribution in [0.3, 0.4) is 0 Å². The van der Waals surface area contributed by atoms with Crippen molar-refractivity contribution in [3.63, 3.8) is 0 Å². The van der Waals surface area contributed by atoms with E-state index in [4.69, 9.17) is 5.11 Å². The third-order valence-corrected chi connectivity index (χ3v) is 5.40. The molecule has 0 saturated heterocycles. The summed E-state index contributed by atoms with van der Waals surface area (Å²) in [4.78, 5) is 35.9. The molecule has 1 saturated carbocycles. The van der Waals surface area contributed by atoms with Gasteiger partial charge in [0, 0.05) is 17.4 Å². The van der Waals surface area contributed by atoms with Crippen LogP contribution < -0.4 is 16.0 Å². The van der Waals surface area contributed by atoms with Gasteiger partial charge in [0.05, 0.1) is 10.8 Å². The summed E-state index contributed by atoms with van der Waals surface area (Å²) in [7, 11) is 0. The molecule has 0 bridgehead atoms. The highest BCUT2D eigenvalue weighted by Gasteiger charge is 2.26. The zero-order chi connectivity index (χ0) is 19.2. The summed E-state index contributed by atoms with van der Waals surface area (Å²) in [5.41, 5.74) is 1.16. The average Bonchev–Trinajstić information content (AvgIpc) is 3.17. The lowest BCUT2D eigenvalue weighted by atomic mass is 9.86. The average molecular weight is 387 g/mol. The highest BCUT2D eigenvalue weighted by atomic mass is 32.1. The third kappa shape index (κ3) is 5.30. The van der Waals surface area contributed by atoms with Gasteiger partial charge in [0.2, 0.25) is 0 Å². The number of carboxylic acid groups (broad SMARTS) is 1. The van der Waals surface area contributed by atoms with Gasteiger partial charge >= 0.3 is 12.0 Å². The normalized spacial score (nSPS) is 19.1. The number of carbonyl (C=O) groups excluding carboxylic acids is 2. The second kappa shape index (κ2) is 8.68. The summed E-state index contributed by atoms with van der Waals surface area (Å²) in [5, 5.41) is 19.3. The monoisotopic (exact) mass is 387 g/mol. The Hall–Kier alpha value is -2.87. The second-order valence-corrected chi connectivity index (χ2v) is 7.45. The van der Waals surface area contributed by atoms with Gasteiger partial charge in [-0.25, -0.2) is 4.79 Å². The Labute approximate surface area is 160 Å². The van der Waals surface area contributed by atoms with Crippen LogP contribution in [-0.2, 0) is 4.79 Å². The molecule has 0 unspecified atom stereocenters. The van der Waals surface area contributed by atoms with Gasteiger partial charge in [0.25, 0.3) is 5.91 Å². The summed E-state index contributed by atoms with van der Waals surface area (Å²) in [6, 6.07) is 10.1. The maximum atomic E-state index is 12.2. The molecule has 4 N–H and O–H groups in total. The zero-order valence-electron chi connectivity index (χ0n) is 14.6. The van der Waals surface area contributed by atoms with Gasteiger partial charge < -0.3 is 21.1 Å².